The number of carbonyl (C=O) groups excluding carboxylic acids is 2. The summed E-state index contributed by atoms with van der Waals surface area (Å²) in [6.45, 7) is 2.42. The Kier molecular flexibility index (Phi) is 4.43. The molecular weight excluding hydrogens is 180 g/mol. The fourth-order valence-corrected chi connectivity index (χ4v) is 1.13. The van der Waals surface area contributed by atoms with Crippen molar-refractivity contribution < 1.29 is 9.59 Å². The van der Waals surface area contributed by atoms with E-state index in [1.54, 1.807) is 0 Å². The molecular formula is C10H18N2O2. The number of rotatable bonds is 6. The maximum Gasteiger partial charge on any atom is 0.220 e. The molecule has 1 saturated carbocycles. The monoisotopic (exact) mass is 198 g/mol. The summed E-state index contributed by atoms with van der Waals surface area (Å²) >= 11 is 0. The van der Waals surface area contributed by atoms with Gasteiger partial charge in [-0.1, -0.05) is 6.92 Å². The first-order valence-corrected chi connectivity index (χ1v) is 5.28. The molecule has 0 saturated heterocycles. The van der Waals surface area contributed by atoms with Gasteiger partial charge in [0.25, 0.3) is 0 Å². The summed E-state index contributed by atoms with van der Waals surface area (Å²) in [7, 11) is 0. The molecule has 0 aromatic carbocycles. The van der Waals surface area contributed by atoms with Gasteiger partial charge in [-0.05, 0) is 19.3 Å². The van der Waals surface area contributed by atoms with Crippen molar-refractivity contribution in [2.75, 3.05) is 6.54 Å². The lowest BCUT2D eigenvalue weighted by atomic mass is 10.3. The van der Waals surface area contributed by atoms with Gasteiger partial charge in [0.15, 0.2) is 0 Å². The van der Waals surface area contributed by atoms with Gasteiger partial charge >= 0.3 is 0 Å². The molecule has 0 radical (unpaired) electrons. The second-order valence-electron chi connectivity index (χ2n) is 3.65. The van der Waals surface area contributed by atoms with Crippen LogP contribution in [0.3, 0.4) is 0 Å². The van der Waals surface area contributed by atoms with Crippen molar-refractivity contribution in [3.8, 4) is 0 Å². The fraction of sp³-hybridized carbons (Fsp3) is 0.800. The molecule has 0 heterocycles. The van der Waals surface area contributed by atoms with Gasteiger partial charge in [0.1, 0.15) is 0 Å². The summed E-state index contributed by atoms with van der Waals surface area (Å²) in [6.07, 6.45) is 4.00. The fourth-order valence-electron chi connectivity index (χ4n) is 1.13. The van der Waals surface area contributed by atoms with E-state index in [2.05, 4.69) is 10.6 Å². The third kappa shape index (κ3) is 4.84. The summed E-state index contributed by atoms with van der Waals surface area (Å²) in [6, 6.07) is 0.438. The smallest absolute Gasteiger partial charge is 0.220 e. The SMILES string of the molecule is CCC(=O)NCCCC(=O)NC1CC1. The molecule has 1 aliphatic rings. The molecule has 1 aliphatic carbocycles. The zero-order chi connectivity index (χ0) is 10.4. The maximum atomic E-state index is 11.2. The summed E-state index contributed by atoms with van der Waals surface area (Å²) in [4.78, 5) is 22.0. The van der Waals surface area contributed by atoms with Gasteiger partial charge in [-0.25, -0.2) is 0 Å². The molecule has 1 fully saturated rings. The van der Waals surface area contributed by atoms with Crippen LogP contribution in [-0.4, -0.2) is 24.4 Å². The van der Waals surface area contributed by atoms with E-state index in [1.165, 1.54) is 0 Å². The maximum absolute atomic E-state index is 11.2. The third-order valence-corrected chi connectivity index (χ3v) is 2.17. The Morgan fingerprint density at radius 2 is 2.00 bits per heavy atom. The molecule has 0 aromatic rings. The van der Waals surface area contributed by atoms with E-state index in [4.69, 9.17) is 0 Å². The van der Waals surface area contributed by atoms with Gasteiger partial charge < -0.3 is 10.6 Å². The average molecular weight is 198 g/mol. The molecule has 0 bridgehead atoms. The van der Waals surface area contributed by atoms with Crippen LogP contribution in [0.1, 0.15) is 39.0 Å². The van der Waals surface area contributed by atoms with E-state index in [9.17, 15) is 9.59 Å². The molecule has 0 spiro atoms. The standard InChI is InChI=1S/C10H18N2O2/c1-2-9(13)11-7-3-4-10(14)12-8-5-6-8/h8H,2-7H2,1H3,(H,11,13)(H,12,14). The largest absolute Gasteiger partial charge is 0.356 e. The highest BCUT2D eigenvalue weighted by Gasteiger charge is 2.22. The summed E-state index contributed by atoms with van der Waals surface area (Å²) in [5.41, 5.74) is 0. The van der Waals surface area contributed by atoms with Crippen LogP contribution >= 0.6 is 0 Å². The molecule has 2 N–H and O–H groups in total. The van der Waals surface area contributed by atoms with E-state index in [-0.39, 0.29) is 11.8 Å². The predicted octanol–water partition coefficient (Wildman–Crippen LogP) is 0.571. The van der Waals surface area contributed by atoms with Crippen molar-refractivity contribution >= 4 is 11.8 Å². The number of carbonyl (C=O) groups is 2. The number of nitrogens with one attached hydrogen (secondary N) is 2. The van der Waals surface area contributed by atoms with Crippen molar-refractivity contribution in [1.82, 2.24) is 10.6 Å². The topological polar surface area (TPSA) is 58.2 Å². The summed E-state index contributed by atoms with van der Waals surface area (Å²) < 4.78 is 0. The van der Waals surface area contributed by atoms with Gasteiger partial charge in [-0.15, -0.1) is 0 Å². The highest BCUT2D eigenvalue weighted by Crippen LogP contribution is 2.18. The van der Waals surface area contributed by atoms with Gasteiger partial charge in [0.05, 0.1) is 0 Å². The zero-order valence-corrected chi connectivity index (χ0v) is 8.64. The van der Waals surface area contributed by atoms with E-state index in [1.807, 2.05) is 6.92 Å². The Labute approximate surface area is 84.4 Å². The molecule has 80 valence electrons. The van der Waals surface area contributed by atoms with E-state index < -0.39 is 0 Å². The third-order valence-electron chi connectivity index (χ3n) is 2.17. The highest BCUT2D eigenvalue weighted by molar-refractivity contribution is 5.77. The van der Waals surface area contributed by atoms with Crippen LogP contribution in [0.2, 0.25) is 0 Å². The minimum atomic E-state index is 0.0487. The Bertz CT molecular complexity index is 212. The summed E-state index contributed by atoms with van der Waals surface area (Å²) in [5.74, 6) is 0.158. The van der Waals surface area contributed by atoms with Crippen molar-refractivity contribution in [3.63, 3.8) is 0 Å². The van der Waals surface area contributed by atoms with Crippen LogP contribution in [0.15, 0.2) is 0 Å². The lowest BCUT2D eigenvalue weighted by Gasteiger charge is -2.04. The second kappa shape index (κ2) is 5.62. The van der Waals surface area contributed by atoms with Gasteiger partial charge in [-0.3, -0.25) is 9.59 Å². The molecule has 1 rings (SSSR count). The number of amides is 2. The second-order valence-corrected chi connectivity index (χ2v) is 3.65. The normalized spacial score (nSPS) is 14.9. The lowest BCUT2D eigenvalue weighted by Crippen LogP contribution is -2.28. The van der Waals surface area contributed by atoms with Crippen LogP contribution in [0.4, 0.5) is 0 Å². The van der Waals surface area contributed by atoms with Crippen molar-refractivity contribution in [2.24, 2.45) is 0 Å². The van der Waals surface area contributed by atoms with E-state index in [0.29, 0.717) is 25.4 Å². The molecule has 0 aromatic heterocycles. The number of hydrogen-bond acceptors (Lipinski definition) is 2. The van der Waals surface area contributed by atoms with Gasteiger partial charge in [0, 0.05) is 25.4 Å². The molecule has 2 amide bonds. The molecule has 0 unspecified atom stereocenters. The van der Waals surface area contributed by atoms with E-state index >= 15 is 0 Å². The van der Waals surface area contributed by atoms with E-state index in [0.717, 1.165) is 19.3 Å². The van der Waals surface area contributed by atoms with Crippen LogP contribution < -0.4 is 10.6 Å². The average Bonchev–Trinajstić information content (AvgIpc) is 2.95. The molecule has 4 nitrogen and oxygen atoms in total. The zero-order valence-electron chi connectivity index (χ0n) is 8.64. The summed E-state index contributed by atoms with van der Waals surface area (Å²) in [5, 5.41) is 5.64. The molecule has 4 heteroatoms. The first-order chi connectivity index (χ1) is 6.72. The Morgan fingerprint density at radius 1 is 1.29 bits per heavy atom. The Hall–Kier alpha value is -1.06. The predicted molar refractivity (Wildman–Crippen MR) is 53.7 cm³/mol. The van der Waals surface area contributed by atoms with Gasteiger partial charge in [-0.2, -0.15) is 0 Å². The Morgan fingerprint density at radius 3 is 2.57 bits per heavy atom. The van der Waals surface area contributed by atoms with Crippen LogP contribution in [0.5, 0.6) is 0 Å². The highest BCUT2D eigenvalue weighted by atomic mass is 16.2. The molecule has 0 atom stereocenters. The van der Waals surface area contributed by atoms with Gasteiger partial charge in [0.2, 0.25) is 11.8 Å². The van der Waals surface area contributed by atoms with Crippen LogP contribution in [0.25, 0.3) is 0 Å². The lowest BCUT2D eigenvalue weighted by molar-refractivity contribution is -0.122. The molecule has 0 aliphatic heterocycles. The first-order valence-electron chi connectivity index (χ1n) is 5.28. The first kappa shape index (κ1) is 11.0. The van der Waals surface area contributed by atoms with Crippen LogP contribution in [0, 0.1) is 0 Å². The van der Waals surface area contributed by atoms with Crippen molar-refractivity contribution in [1.29, 1.82) is 0 Å². The molecule has 14 heavy (non-hydrogen) atoms. The minimum Gasteiger partial charge on any atom is -0.356 e. The minimum absolute atomic E-state index is 0.0487. The number of hydrogen-bond donors (Lipinski definition) is 2. The van der Waals surface area contributed by atoms with Crippen molar-refractivity contribution in [3.05, 3.63) is 0 Å². The quantitative estimate of drug-likeness (QED) is 0.613. The Balaban J connectivity index is 1.91. The van der Waals surface area contributed by atoms with Crippen molar-refractivity contribution in [2.45, 2.75) is 45.1 Å². The van der Waals surface area contributed by atoms with Crippen LogP contribution in [-0.2, 0) is 9.59 Å².